The molecule has 1 fully saturated rings. The second kappa shape index (κ2) is 6.53. The number of anilines is 1. The molecule has 2 rings (SSSR count). The molecule has 1 aromatic rings. The number of rotatable bonds is 4. The van der Waals surface area contributed by atoms with E-state index in [0.29, 0.717) is 23.6 Å². The van der Waals surface area contributed by atoms with Crippen LogP contribution in [0.4, 0.5) is 14.5 Å². The third kappa shape index (κ3) is 3.69. The Hall–Kier alpha value is -1.16. The minimum Gasteiger partial charge on any atom is -0.367 e. The van der Waals surface area contributed by atoms with Crippen molar-refractivity contribution in [2.45, 2.75) is 33.2 Å². The molecule has 2 unspecified atom stereocenters. The molecule has 2 atom stereocenters. The van der Waals surface area contributed by atoms with Gasteiger partial charge >= 0.3 is 0 Å². The molecule has 112 valence electrons. The molecular weight excluding hydrogens is 258 g/mol. The molecule has 20 heavy (non-hydrogen) atoms. The molecule has 1 heterocycles. The van der Waals surface area contributed by atoms with Crippen molar-refractivity contribution in [3.8, 4) is 0 Å². The molecule has 1 aliphatic heterocycles. The fraction of sp³-hybridized carbons (Fsp3) is 0.625. The van der Waals surface area contributed by atoms with Gasteiger partial charge in [0.2, 0.25) is 0 Å². The Morgan fingerprint density at radius 3 is 2.75 bits per heavy atom. The van der Waals surface area contributed by atoms with E-state index >= 15 is 0 Å². The highest BCUT2D eigenvalue weighted by atomic mass is 19.2. The molecule has 0 aliphatic carbocycles. The molecule has 0 saturated carbocycles. The lowest BCUT2D eigenvalue weighted by molar-refractivity contribution is 0.337. The molecule has 0 amide bonds. The molecule has 2 nitrogen and oxygen atoms in total. The average molecular weight is 282 g/mol. The lowest BCUT2D eigenvalue weighted by atomic mass is 9.95. The Balaban J connectivity index is 2.09. The van der Waals surface area contributed by atoms with Crippen LogP contribution < -0.4 is 10.2 Å². The minimum atomic E-state index is -0.771. The van der Waals surface area contributed by atoms with Crippen LogP contribution in [0, 0.1) is 23.5 Å². The largest absolute Gasteiger partial charge is 0.367 e. The van der Waals surface area contributed by atoms with E-state index < -0.39 is 11.6 Å². The summed E-state index contributed by atoms with van der Waals surface area (Å²) in [6.07, 6.45) is 1.08. The van der Waals surface area contributed by atoms with E-state index in [4.69, 9.17) is 0 Å². The van der Waals surface area contributed by atoms with Gasteiger partial charge in [0.15, 0.2) is 11.6 Å². The summed E-state index contributed by atoms with van der Waals surface area (Å²) in [4.78, 5) is 1.96. The van der Waals surface area contributed by atoms with Gasteiger partial charge in [0, 0.05) is 19.1 Å². The minimum absolute atomic E-state index is 0.337. The molecule has 0 spiro atoms. The van der Waals surface area contributed by atoms with Gasteiger partial charge in [0.05, 0.1) is 5.69 Å². The molecule has 4 heteroatoms. The highest BCUT2D eigenvalue weighted by Gasteiger charge is 2.26. The van der Waals surface area contributed by atoms with E-state index in [2.05, 4.69) is 26.1 Å². The topological polar surface area (TPSA) is 15.3 Å². The van der Waals surface area contributed by atoms with Crippen LogP contribution in [0.15, 0.2) is 18.2 Å². The van der Waals surface area contributed by atoms with Gasteiger partial charge in [-0.25, -0.2) is 8.78 Å². The zero-order chi connectivity index (χ0) is 14.7. The zero-order valence-electron chi connectivity index (χ0n) is 12.5. The molecule has 0 aromatic heterocycles. The van der Waals surface area contributed by atoms with Gasteiger partial charge in [-0.3, -0.25) is 0 Å². The lowest BCUT2D eigenvalue weighted by Crippen LogP contribution is -2.49. The molecule has 1 N–H and O–H groups in total. The first-order valence-electron chi connectivity index (χ1n) is 7.39. The normalized spacial score (nSPS) is 23.4. The summed E-state index contributed by atoms with van der Waals surface area (Å²) in [5, 5.41) is 3.53. The number of halogens is 2. The first-order chi connectivity index (χ1) is 9.47. The summed E-state index contributed by atoms with van der Waals surface area (Å²) in [6, 6.07) is 4.74. The third-order valence-corrected chi connectivity index (χ3v) is 3.75. The Morgan fingerprint density at radius 1 is 1.30 bits per heavy atom. The van der Waals surface area contributed by atoms with Gasteiger partial charge in [-0.15, -0.1) is 0 Å². The quantitative estimate of drug-likeness (QED) is 0.910. The monoisotopic (exact) mass is 282 g/mol. The predicted molar refractivity (Wildman–Crippen MR) is 79.0 cm³/mol. The van der Waals surface area contributed by atoms with E-state index in [1.807, 2.05) is 4.90 Å². The molecule has 0 radical (unpaired) electrons. The van der Waals surface area contributed by atoms with Crippen molar-refractivity contribution < 1.29 is 8.78 Å². The van der Waals surface area contributed by atoms with Crippen molar-refractivity contribution in [2.24, 2.45) is 11.8 Å². The number of hydrogen-bond acceptors (Lipinski definition) is 2. The number of hydrogen-bond donors (Lipinski definition) is 1. The van der Waals surface area contributed by atoms with Gasteiger partial charge in [0.25, 0.3) is 0 Å². The molecule has 1 saturated heterocycles. The van der Waals surface area contributed by atoms with Crippen molar-refractivity contribution in [1.82, 2.24) is 5.32 Å². The van der Waals surface area contributed by atoms with E-state index in [9.17, 15) is 8.78 Å². The van der Waals surface area contributed by atoms with Gasteiger partial charge in [0.1, 0.15) is 0 Å². The fourth-order valence-electron chi connectivity index (χ4n) is 2.84. The van der Waals surface area contributed by atoms with Crippen molar-refractivity contribution in [1.29, 1.82) is 0 Å². The summed E-state index contributed by atoms with van der Waals surface area (Å²) in [7, 11) is 0. The first kappa shape index (κ1) is 15.2. The van der Waals surface area contributed by atoms with Crippen LogP contribution >= 0.6 is 0 Å². The van der Waals surface area contributed by atoms with E-state index in [-0.39, 0.29) is 0 Å². The van der Waals surface area contributed by atoms with Crippen LogP contribution in [0.2, 0.25) is 0 Å². The van der Waals surface area contributed by atoms with Crippen LogP contribution in [0.5, 0.6) is 0 Å². The Labute approximate surface area is 120 Å². The van der Waals surface area contributed by atoms with Crippen LogP contribution in [-0.2, 0) is 0 Å². The van der Waals surface area contributed by atoms with Gasteiger partial charge in [-0.2, -0.15) is 0 Å². The Morgan fingerprint density at radius 2 is 2.05 bits per heavy atom. The number of nitrogens with zero attached hydrogens (tertiary/aromatic N) is 1. The van der Waals surface area contributed by atoms with Crippen LogP contribution in [0.25, 0.3) is 0 Å². The molecule has 0 bridgehead atoms. The van der Waals surface area contributed by atoms with E-state index in [1.54, 1.807) is 12.1 Å². The standard InChI is InChI=1S/C16H24F2N2/c1-11(2)8-19-13-7-12(3)9-20(10-13)15-6-4-5-14(17)16(15)18/h4-6,11-13,19H,7-10H2,1-3H3. The fourth-order valence-corrected chi connectivity index (χ4v) is 2.84. The average Bonchev–Trinajstić information content (AvgIpc) is 2.39. The molecule has 1 aliphatic rings. The molecule has 1 aromatic carbocycles. The van der Waals surface area contributed by atoms with Crippen molar-refractivity contribution in [2.75, 3.05) is 24.5 Å². The smallest absolute Gasteiger partial charge is 0.182 e. The SMILES string of the molecule is CC(C)CNC1CC(C)CN(c2cccc(F)c2F)C1. The predicted octanol–water partition coefficient (Wildman–Crippen LogP) is 3.43. The summed E-state index contributed by atoms with van der Waals surface area (Å²) >= 11 is 0. The maximum absolute atomic E-state index is 13.9. The maximum atomic E-state index is 13.9. The van der Waals surface area contributed by atoms with Crippen molar-refractivity contribution in [3.05, 3.63) is 29.8 Å². The van der Waals surface area contributed by atoms with Gasteiger partial charge in [-0.05, 0) is 36.9 Å². The second-order valence-corrected chi connectivity index (χ2v) is 6.32. The number of piperidine rings is 1. The summed E-state index contributed by atoms with van der Waals surface area (Å²) < 4.78 is 27.3. The van der Waals surface area contributed by atoms with Crippen molar-refractivity contribution in [3.63, 3.8) is 0 Å². The Bertz CT molecular complexity index is 448. The van der Waals surface area contributed by atoms with Gasteiger partial charge < -0.3 is 10.2 Å². The summed E-state index contributed by atoms with van der Waals surface area (Å²) in [5.74, 6) is -0.445. The highest BCUT2D eigenvalue weighted by molar-refractivity contribution is 5.48. The van der Waals surface area contributed by atoms with Gasteiger partial charge in [-0.1, -0.05) is 26.8 Å². The van der Waals surface area contributed by atoms with E-state index in [1.165, 1.54) is 6.07 Å². The Kier molecular flexibility index (Phi) is 4.97. The van der Waals surface area contributed by atoms with Crippen LogP contribution in [0.3, 0.4) is 0 Å². The molecular formula is C16H24F2N2. The highest BCUT2D eigenvalue weighted by Crippen LogP contribution is 2.26. The lowest BCUT2D eigenvalue weighted by Gasteiger charge is -2.38. The maximum Gasteiger partial charge on any atom is 0.182 e. The first-order valence-corrected chi connectivity index (χ1v) is 7.39. The van der Waals surface area contributed by atoms with Crippen molar-refractivity contribution >= 4 is 5.69 Å². The number of benzene rings is 1. The van der Waals surface area contributed by atoms with Crippen LogP contribution in [-0.4, -0.2) is 25.7 Å². The zero-order valence-corrected chi connectivity index (χ0v) is 12.5. The summed E-state index contributed by atoms with van der Waals surface area (Å²) in [6.45, 7) is 8.97. The number of nitrogens with one attached hydrogen (secondary N) is 1. The van der Waals surface area contributed by atoms with Crippen LogP contribution in [0.1, 0.15) is 27.2 Å². The second-order valence-electron chi connectivity index (χ2n) is 6.32. The summed E-state index contributed by atoms with van der Waals surface area (Å²) in [5.41, 5.74) is 0.382. The van der Waals surface area contributed by atoms with E-state index in [0.717, 1.165) is 26.1 Å². The third-order valence-electron chi connectivity index (χ3n) is 3.75.